The van der Waals surface area contributed by atoms with E-state index in [0.717, 1.165) is 0 Å². The van der Waals surface area contributed by atoms with Crippen LogP contribution < -0.4 is 0 Å². The Balaban J connectivity index is 4.26. The second-order valence-corrected chi connectivity index (χ2v) is 5.34. The highest BCUT2D eigenvalue weighted by Gasteiger charge is 2.34. The molecule has 0 radical (unpaired) electrons. The largest absolute Gasteiger partial charge is 0.315 e. The summed E-state index contributed by atoms with van der Waals surface area (Å²) in [5.74, 6) is 0. The lowest BCUT2D eigenvalue weighted by Crippen LogP contribution is -2.42. The average Bonchev–Trinajstić information content (AvgIpc) is 1.87. The highest BCUT2D eigenvalue weighted by atomic mass is 35.5. The maximum absolute atomic E-state index is 6.33. The van der Waals surface area contributed by atoms with Crippen LogP contribution in [0.2, 0.25) is 0 Å². The number of hydrogen-bond donors (Lipinski definition) is 0. The molecule has 1 atom stereocenters. The Hall–Kier alpha value is 0.640. The van der Waals surface area contributed by atoms with Crippen molar-refractivity contribution >= 4 is 20.7 Å². The van der Waals surface area contributed by atoms with Gasteiger partial charge in [-0.2, -0.15) is 3.77 Å². The summed E-state index contributed by atoms with van der Waals surface area (Å²) in [4.78, 5) is 0. The minimum absolute atomic E-state index is 0.323. The third kappa shape index (κ3) is 2.87. The number of rotatable bonds is 4. The molecule has 0 spiro atoms. The highest BCUT2D eigenvalue weighted by molar-refractivity contribution is 7.26. The van der Waals surface area contributed by atoms with Gasteiger partial charge in [0, 0.05) is 7.11 Å². The van der Waals surface area contributed by atoms with E-state index in [0.29, 0.717) is 24.8 Å². The molecule has 4 heteroatoms. The van der Waals surface area contributed by atoms with Crippen LogP contribution in [-0.4, -0.2) is 23.0 Å². The zero-order valence-corrected chi connectivity index (χ0v) is 9.64. The van der Waals surface area contributed by atoms with E-state index in [1.54, 1.807) is 7.11 Å². The monoisotopic (exact) mass is 198 g/mol. The first-order chi connectivity index (χ1) is 4.95. The van der Waals surface area contributed by atoms with Gasteiger partial charge in [-0.25, -0.2) is 0 Å². The van der Waals surface area contributed by atoms with Crippen LogP contribution in [-0.2, 0) is 4.52 Å². The van der Waals surface area contributed by atoms with Crippen LogP contribution in [0, 0.1) is 0 Å². The topological polar surface area (TPSA) is 9.23 Å². The molecule has 0 fully saturated rings. The third-order valence-electron chi connectivity index (χ3n) is 1.73. The molecule has 1 unspecified atom stereocenters. The van der Waals surface area contributed by atoms with Gasteiger partial charge in [-0.15, -0.1) is 0 Å². The van der Waals surface area contributed by atoms with Gasteiger partial charge in [0.25, 0.3) is 8.96 Å². The number of quaternary nitrogens is 1. The Labute approximate surface area is 76.5 Å². The van der Waals surface area contributed by atoms with Gasteiger partial charge in [-0.05, 0) is 27.7 Å². The van der Waals surface area contributed by atoms with E-state index in [-0.39, 0.29) is 0 Å². The van der Waals surface area contributed by atoms with Crippen LogP contribution in [0.1, 0.15) is 27.7 Å². The van der Waals surface area contributed by atoms with Gasteiger partial charge in [-0.3, -0.25) is 0 Å². The molecule has 0 rings (SSSR count). The molecule has 0 heterocycles. The number of halogens is 1. The minimum Gasteiger partial charge on any atom is -0.315 e. The second kappa shape index (κ2) is 4.61. The molecule has 0 N–H and O–H groups in total. The van der Waals surface area contributed by atoms with Crippen molar-refractivity contribution in [2.75, 3.05) is 7.11 Å². The third-order valence-corrected chi connectivity index (χ3v) is 4.22. The van der Waals surface area contributed by atoms with E-state index >= 15 is 0 Å². The molecule has 0 saturated carbocycles. The number of nitrogens with zero attached hydrogens (tertiary/aromatic N) is 1. The smallest absolute Gasteiger partial charge is 0.257 e. The first kappa shape index (κ1) is 11.6. The van der Waals surface area contributed by atoms with Crippen LogP contribution >= 0.6 is 20.7 Å². The summed E-state index contributed by atoms with van der Waals surface area (Å²) in [5.41, 5.74) is 0. The normalized spacial score (nSPS) is 14.2. The molecule has 0 amide bonds. The summed E-state index contributed by atoms with van der Waals surface area (Å²) in [5, 5.41) is 0. The molecule has 0 aliphatic rings. The molecule has 2 nitrogen and oxygen atoms in total. The van der Waals surface area contributed by atoms with Gasteiger partial charge < -0.3 is 4.52 Å². The quantitative estimate of drug-likeness (QED) is 0.499. The van der Waals surface area contributed by atoms with Crippen molar-refractivity contribution in [2.45, 2.75) is 39.8 Å². The molecule has 0 aromatic heterocycles. The Morgan fingerprint density at radius 3 is 1.64 bits per heavy atom. The maximum atomic E-state index is 6.33. The average molecular weight is 199 g/mol. The summed E-state index contributed by atoms with van der Waals surface area (Å²) >= 11 is 6.33. The Kier molecular flexibility index (Phi) is 4.88. The second-order valence-electron chi connectivity index (χ2n) is 3.17. The summed E-state index contributed by atoms with van der Waals surface area (Å²) in [6.45, 7) is 8.44. The predicted molar refractivity (Wildman–Crippen MR) is 51.7 cm³/mol. The molecule has 11 heavy (non-hydrogen) atoms. The maximum Gasteiger partial charge on any atom is 0.257 e. The van der Waals surface area contributed by atoms with Gasteiger partial charge in [0.05, 0.1) is 0 Å². The van der Waals surface area contributed by atoms with Gasteiger partial charge in [0.2, 0.25) is 0 Å². The standard InChI is InChI=1S/C7H18ClNOP/c1-6(2)9(8,7(3)4)11-10-5/h6-7,11H,1-5H3/q+1. The summed E-state index contributed by atoms with van der Waals surface area (Å²) in [6.07, 6.45) is 0. The molecule has 68 valence electrons. The van der Waals surface area contributed by atoms with E-state index in [9.17, 15) is 0 Å². The zero-order chi connectivity index (χ0) is 9.07. The minimum atomic E-state index is 0.323. The van der Waals surface area contributed by atoms with Crippen LogP contribution in [0.3, 0.4) is 0 Å². The summed E-state index contributed by atoms with van der Waals surface area (Å²) in [6, 6.07) is 0.796. The van der Waals surface area contributed by atoms with Crippen LogP contribution in [0.15, 0.2) is 0 Å². The first-order valence-electron chi connectivity index (χ1n) is 3.83. The van der Waals surface area contributed by atoms with E-state index in [1.807, 2.05) is 0 Å². The predicted octanol–water partition coefficient (Wildman–Crippen LogP) is 2.93. The lowest BCUT2D eigenvalue weighted by Gasteiger charge is -2.34. The van der Waals surface area contributed by atoms with Crippen molar-refractivity contribution in [1.82, 2.24) is 0 Å². The fourth-order valence-electron chi connectivity index (χ4n) is 0.947. The number of hydrogen-bond acceptors (Lipinski definition) is 1. The van der Waals surface area contributed by atoms with Crippen LogP contribution in [0.25, 0.3) is 0 Å². The molecule has 0 bridgehead atoms. The van der Waals surface area contributed by atoms with Gasteiger partial charge in [-0.1, -0.05) is 0 Å². The molecule has 0 aliphatic carbocycles. The van der Waals surface area contributed by atoms with Crippen LogP contribution in [0.4, 0.5) is 0 Å². The van der Waals surface area contributed by atoms with E-state index in [1.165, 1.54) is 0 Å². The van der Waals surface area contributed by atoms with Crippen molar-refractivity contribution in [3.63, 3.8) is 0 Å². The van der Waals surface area contributed by atoms with Crippen molar-refractivity contribution in [2.24, 2.45) is 0 Å². The fourth-order valence-corrected chi connectivity index (χ4v) is 1.86. The van der Waals surface area contributed by atoms with E-state index < -0.39 is 0 Å². The molecule has 0 aromatic carbocycles. The fraction of sp³-hybridized carbons (Fsp3) is 1.00. The molecular formula is C7H18ClNOP+. The van der Waals surface area contributed by atoms with Gasteiger partial charge >= 0.3 is 0 Å². The van der Waals surface area contributed by atoms with Crippen molar-refractivity contribution in [3.05, 3.63) is 0 Å². The van der Waals surface area contributed by atoms with Gasteiger partial charge in [0.15, 0.2) is 11.8 Å². The highest BCUT2D eigenvalue weighted by Crippen LogP contribution is 2.39. The Bertz CT molecular complexity index is 111. The lowest BCUT2D eigenvalue weighted by atomic mass is 10.3. The molecule has 0 saturated heterocycles. The molecular weight excluding hydrogens is 181 g/mol. The Morgan fingerprint density at radius 2 is 1.55 bits per heavy atom. The SMILES string of the molecule is COP[N+](Cl)(C(C)C)C(C)C. The van der Waals surface area contributed by atoms with Crippen LogP contribution in [0.5, 0.6) is 0 Å². The van der Waals surface area contributed by atoms with E-state index in [2.05, 4.69) is 27.7 Å². The van der Waals surface area contributed by atoms with Crippen molar-refractivity contribution in [1.29, 1.82) is 0 Å². The summed E-state index contributed by atoms with van der Waals surface area (Å²) < 4.78 is 5.58. The molecule has 0 aromatic rings. The summed E-state index contributed by atoms with van der Waals surface area (Å²) in [7, 11) is 2.02. The van der Waals surface area contributed by atoms with Crippen molar-refractivity contribution in [3.8, 4) is 0 Å². The van der Waals surface area contributed by atoms with E-state index in [4.69, 9.17) is 16.3 Å². The molecule has 0 aliphatic heterocycles. The van der Waals surface area contributed by atoms with Crippen molar-refractivity contribution < 1.29 is 8.30 Å². The first-order valence-corrected chi connectivity index (χ1v) is 5.02. The Morgan fingerprint density at radius 1 is 1.18 bits per heavy atom. The van der Waals surface area contributed by atoms with Gasteiger partial charge in [0.1, 0.15) is 12.1 Å². The lowest BCUT2D eigenvalue weighted by molar-refractivity contribution is -0.735. The zero-order valence-electron chi connectivity index (χ0n) is 7.89.